The summed E-state index contributed by atoms with van der Waals surface area (Å²) < 4.78 is 2.06. The number of nitrogens with zero attached hydrogens (tertiary/aromatic N) is 3. The SMILES string of the molecule is Cc1ccc(C)c(NC(=O)CSc2nnc(Cc3ccccc3)n2-c2ccc(C)c(C)c2)c1. The largest absolute Gasteiger partial charge is 0.325 e. The summed E-state index contributed by atoms with van der Waals surface area (Å²) in [6.45, 7) is 8.21. The lowest BCUT2D eigenvalue weighted by Gasteiger charge is -2.13. The van der Waals surface area contributed by atoms with Gasteiger partial charge in [0, 0.05) is 17.8 Å². The molecular weight excluding hydrogens is 428 g/mol. The maximum absolute atomic E-state index is 12.7. The van der Waals surface area contributed by atoms with Crippen LogP contribution in [0.2, 0.25) is 0 Å². The minimum Gasteiger partial charge on any atom is -0.325 e. The number of hydrogen-bond acceptors (Lipinski definition) is 4. The minimum atomic E-state index is -0.0621. The van der Waals surface area contributed by atoms with Crippen LogP contribution >= 0.6 is 11.8 Å². The highest BCUT2D eigenvalue weighted by atomic mass is 32.2. The Morgan fingerprint density at radius 3 is 2.39 bits per heavy atom. The summed E-state index contributed by atoms with van der Waals surface area (Å²) in [6.07, 6.45) is 0.663. The topological polar surface area (TPSA) is 59.8 Å². The van der Waals surface area contributed by atoms with Crippen molar-refractivity contribution in [1.29, 1.82) is 0 Å². The first-order chi connectivity index (χ1) is 15.9. The highest BCUT2D eigenvalue weighted by molar-refractivity contribution is 7.99. The lowest BCUT2D eigenvalue weighted by atomic mass is 10.1. The van der Waals surface area contributed by atoms with E-state index in [0.717, 1.165) is 28.3 Å². The standard InChI is InChI=1S/C27H28N4OS/c1-18-10-11-20(3)24(14-18)28-26(32)17-33-27-30-29-25(16-22-8-6-5-7-9-22)31(27)23-13-12-19(2)21(4)15-23/h5-15H,16-17H2,1-4H3,(H,28,32). The van der Waals surface area contributed by atoms with Gasteiger partial charge in [0.1, 0.15) is 5.82 Å². The van der Waals surface area contributed by atoms with E-state index in [9.17, 15) is 4.79 Å². The van der Waals surface area contributed by atoms with Crippen molar-refractivity contribution >= 4 is 23.4 Å². The molecular formula is C27H28N4OS. The Hall–Kier alpha value is -3.38. The van der Waals surface area contributed by atoms with Crippen molar-refractivity contribution in [1.82, 2.24) is 14.8 Å². The van der Waals surface area contributed by atoms with Gasteiger partial charge < -0.3 is 5.32 Å². The average Bonchev–Trinajstić information content (AvgIpc) is 3.20. The predicted octanol–water partition coefficient (Wildman–Crippen LogP) is 5.82. The zero-order valence-electron chi connectivity index (χ0n) is 19.4. The number of rotatable bonds is 7. The molecule has 4 aromatic rings. The maximum Gasteiger partial charge on any atom is 0.234 e. The van der Waals surface area contributed by atoms with Gasteiger partial charge in [0.15, 0.2) is 5.16 Å². The number of carbonyl (C=O) groups excluding carboxylic acids is 1. The monoisotopic (exact) mass is 456 g/mol. The van der Waals surface area contributed by atoms with Crippen LogP contribution in [0.4, 0.5) is 5.69 Å². The lowest BCUT2D eigenvalue weighted by molar-refractivity contribution is -0.113. The minimum absolute atomic E-state index is 0.0621. The summed E-state index contributed by atoms with van der Waals surface area (Å²) in [6, 6.07) is 22.6. The fourth-order valence-electron chi connectivity index (χ4n) is 3.60. The number of amides is 1. The number of benzene rings is 3. The molecule has 33 heavy (non-hydrogen) atoms. The molecule has 0 saturated heterocycles. The van der Waals surface area contributed by atoms with E-state index in [-0.39, 0.29) is 11.7 Å². The number of carbonyl (C=O) groups is 1. The molecule has 0 spiro atoms. The average molecular weight is 457 g/mol. The molecule has 0 unspecified atom stereocenters. The van der Waals surface area contributed by atoms with E-state index >= 15 is 0 Å². The Labute approximate surface area is 199 Å². The number of anilines is 1. The van der Waals surface area contributed by atoms with Gasteiger partial charge in [0.25, 0.3) is 0 Å². The Bertz CT molecular complexity index is 1280. The summed E-state index contributed by atoms with van der Waals surface area (Å²) in [7, 11) is 0. The van der Waals surface area contributed by atoms with Crippen LogP contribution in [-0.4, -0.2) is 26.4 Å². The zero-order valence-corrected chi connectivity index (χ0v) is 20.2. The van der Waals surface area contributed by atoms with Gasteiger partial charge >= 0.3 is 0 Å². The molecule has 0 aliphatic rings. The normalized spacial score (nSPS) is 10.9. The van der Waals surface area contributed by atoms with Crippen molar-refractivity contribution in [3.63, 3.8) is 0 Å². The second-order valence-electron chi connectivity index (χ2n) is 8.32. The molecule has 1 heterocycles. The first-order valence-electron chi connectivity index (χ1n) is 11.0. The van der Waals surface area contributed by atoms with Gasteiger partial charge in [-0.25, -0.2) is 0 Å². The van der Waals surface area contributed by atoms with Gasteiger partial charge in [-0.05, 0) is 73.7 Å². The van der Waals surface area contributed by atoms with Crippen molar-refractivity contribution in [2.45, 2.75) is 39.3 Å². The molecule has 0 atom stereocenters. The molecule has 0 saturated carbocycles. The second-order valence-corrected chi connectivity index (χ2v) is 9.26. The predicted molar refractivity (Wildman–Crippen MR) is 135 cm³/mol. The van der Waals surface area contributed by atoms with Crippen molar-refractivity contribution in [3.05, 3.63) is 100 Å². The quantitative estimate of drug-likeness (QED) is 0.356. The van der Waals surface area contributed by atoms with Crippen LogP contribution < -0.4 is 5.32 Å². The number of thioether (sulfide) groups is 1. The van der Waals surface area contributed by atoms with Crippen LogP contribution in [0, 0.1) is 27.7 Å². The Balaban J connectivity index is 1.58. The van der Waals surface area contributed by atoms with Gasteiger partial charge in [-0.3, -0.25) is 9.36 Å². The van der Waals surface area contributed by atoms with Crippen molar-refractivity contribution in [2.24, 2.45) is 0 Å². The zero-order chi connectivity index (χ0) is 23.4. The molecule has 0 fully saturated rings. The number of aryl methyl sites for hydroxylation is 4. The lowest BCUT2D eigenvalue weighted by Crippen LogP contribution is -2.15. The fourth-order valence-corrected chi connectivity index (χ4v) is 4.37. The molecule has 5 nitrogen and oxygen atoms in total. The van der Waals surface area contributed by atoms with Crippen molar-refractivity contribution < 1.29 is 4.79 Å². The third-order valence-corrected chi connectivity index (χ3v) is 6.58. The Morgan fingerprint density at radius 2 is 1.64 bits per heavy atom. The van der Waals surface area contributed by atoms with E-state index < -0.39 is 0 Å². The molecule has 3 aromatic carbocycles. The molecule has 1 aromatic heterocycles. The van der Waals surface area contributed by atoms with E-state index in [0.29, 0.717) is 11.6 Å². The van der Waals surface area contributed by atoms with E-state index in [1.165, 1.54) is 28.5 Å². The third-order valence-electron chi connectivity index (χ3n) is 5.65. The summed E-state index contributed by atoms with van der Waals surface area (Å²) in [5, 5.41) is 12.7. The van der Waals surface area contributed by atoms with E-state index in [2.05, 4.69) is 64.3 Å². The molecule has 168 valence electrons. The van der Waals surface area contributed by atoms with Crippen LogP contribution in [0.3, 0.4) is 0 Å². The summed E-state index contributed by atoms with van der Waals surface area (Å²) >= 11 is 1.40. The summed E-state index contributed by atoms with van der Waals surface area (Å²) in [5.41, 5.74) is 7.62. The maximum atomic E-state index is 12.7. The van der Waals surface area contributed by atoms with Crippen LogP contribution in [0.5, 0.6) is 0 Å². The number of hydrogen-bond donors (Lipinski definition) is 1. The van der Waals surface area contributed by atoms with Gasteiger partial charge in [-0.1, -0.05) is 60.3 Å². The Kier molecular flexibility index (Phi) is 6.94. The second kappa shape index (κ2) is 10.0. The van der Waals surface area contributed by atoms with Crippen molar-refractivity contribution in [2.75, 3.05) is 11.1 Å². The first kappa shape index (κ1) is 22.8. The summed E-state index contributed by atoms with van der Waals surface area (Å²) in [5.74, 6) is 1.04. The molecule has 6 heteroatoms. The molecule has 1 N–H and O–H groups in total. The molecule has 1 amide bonds. The summed E-state index contributed by atoms with van der Waals surface area (Å²) in [4.78, 5) is 12.7. The first-order valence-corrected chi connectivity index (χ1v) is 11.9. The van der Waals surface area contributed by atoms with Crippen LogP contribution in [0.1, 0.15) is 33.6 Å². The van der Waals surface area contributed by atoms with Crippen molar-refractivity contribution in [3.8, 4) is 5.69 Å². The highest BCUT2D eigenvalue weighted by Crippen LogP contribution is 2.25. The third kappa shape index (κ3) is 5.52. The number of aromatic nitrogens is 3. The van der Waals surface area contributed by atoms with Crippen LogP contribution in [0.25, 0.3) is 5.69 Å². The van der Waals surface area contributed by atoms with Crippen LogP contribution in [-0.2, 0) is 11.2 Å². The molecule has 0 bridgehead atoms. The highest BCUT2D eigenvalue weighted by Gasteiger charge is 2.17. The van der Waals surface area contributed by atoms with E-state index in [4.69, 9.17) is 0 Å². The van der Waals surface area contributed by atoms with Gasteiger partial charge in [0.2, 0.25) is 5.91 Å². The fraction of sp³-hybridized carbons (Fsp3) is 0.222. The molecule has 0 aliphatic carbocycles. The molecule has 4 rings (SSSR count). The van der Waals surface area contributed by atoms with Crippen LogP contribution in [0.15, 0.2) is 71.9 Å². The van der Waals surface area contributed by atoms with Gasteiger partial charge in [-0.15, -0.1) is 10.2 Å². The smallest absolute Gasteiger partial charge is 0.234 e. The molecule has 0 radical (unpaired) electrons. The molecule has 0 aliphatic heterocycles. The van der Waals surface area contributed by atoms with E-state index in [1.54, 1.807) is 0 Å². The number of nitrogens with one attached hydrogen (secondary N) is 1. The van der Waals surface area contributed by atoms with E-state index in [1.807, 2.05) is 50.2 Å². The van der Waals surface area contributed by atoms with Gasteiger partial charge in [0.05, 0.1) is 5.75 Å². The van der Waals surface area contributed by atoms with Gasteiger partial charge in [-0.2, -0.15) is 0 Å². The Morgan fingerprint density at radius 1 is 0.879 bits per heavy atom.